The van der Waals surface area contributed by atoms with Crippen molar-refractivity contribution in [3.8, 4) is 5.75 Å². The van der Waals surface area contributed by atoms with Crippen LogP contribution in [0.1, 0.15) is 16.7 Å². The quantitative estimate of drug-likeness (QED) is 0.725. The zero-order valence-electron chi connectivity index (χ0n) is 17.4. The second-order valence-corrected chi connectivity index (χ2v) is 8.24. The molecule has 4 rings (SSSR count). The summed E-state index contributed by atoms with van der Waals surface area (Å²) in [6.45, 7) is 5.54. The molecule has 6 heteroatoms. The van der Waals surface area contributed by atoms with Crippen LogP contribution in [0.15, 0.2) is 48.5 Å². The van der Waals surface area contributed by atoms with E-state index < -0.39 is 6.10 Å². The molecule has 2 aliphatic rings. The van der Waals surface area contributed by atoms with Gasteiger partial charge in [0.05, 0.1) is 6.54 Å². The molecular formula is C24H31N3O3. The number of carbonyl (C=O) groups is 1. The fourth-order valence-corrected chi connectivity index (χ4v) is 4.26. The Morgan fingerprint density at radius 3 is 2.50 bits per heavy atom. The van der Waals surface area contributed by atoms with Gasteiger partial charge in [-0.25, -0.2) is 0 Å². The molecule has 0 radical (unpaired) electrons. The SMILES string of the molecule is O=C1CN(Cc2cccc(OCC(O)CN3CCc4ccccc4CC3)c2)CCN1. The van der Waals surface area contributed by atoms with Crippen molar-refractivity contribution in [3.63, 3.8) is 0 Å². The minimum absolute atomic E-state index is 0.0772. The number of aliphatic hydroxyl groups excluding tert-OH is 1. The van der Waals surface area contributed by atoms with E-state index in [4.69, 9.17) is 4.74 Å². The Bertz CT molecular complexity index is 830. The number of hydrogen-bond donors (Lipinski definition) is 2. The number of β-amino-alcohol motifs (C(OH)–C–C–N with tert-alkyl or cyclic N) is 1. The van der Waals surface area contributed by atoms with E-state index in [9.17, 15) is 9.90 Å². The van der Waals surface area contributed by atoms with Gasteiger partial charge in [-0.3, -0.25) is 14.6 Å². The minimum Gasteiger partial charge on any atom is -0.491 e. The Morgan fingerprint density at radius 2 is 1.77 bits per heavy atom. The molecule has 6 nitrogen and oxygen atoms in total. The first kappa shape index (κ1) is 20.8. The maximum absolute atomic E-state index is 11.5. The van der Waals surface area contributed by atoms with E-state index in [-0.39, 0.29) is 12.5 Å². The Hall–Kier alpha value is -2.41. The molecule has 0 aliphatic carbocycles. The summed E-state index contributed by atoms with van der Waals surface area (Å²) in [5.74, 6) is 0.838. The number of carbonyl (C=O) groups excluding carboxylic acids is 1. The number of nitrogens with zero attached hydrogens (tertiary/aromatic N) is 2. The molecule has 2 aliphatic heterocycles. The molecule has 0 spiro atoms. The number of hydrogen-bond acceptors (Lipinski definition) is 5. The lowest BCUT2D eigenvalue weighted by Gasteiger charge is -2.26. The average molecular weight is 410 g/mol. The molecule has 2 heterocycles. The van der Waals surface area contributed by atoms with E-state index in [2.05, 4.69) is 39.4 Å². The van der Waals surface area contributed by atoms with E-state index >= 15 is 0 Å². The smallest absolute Gasteiger partial charge is 0.234 e. The second-order valence-electron chi connectivity index (χ2n) is 8.24. The number of piperazine rings is 1. The van der Waals surface area contributed by atoms with Crippen LogP contribution in [0.3, 0.4) is 0 Å². The lowest BCUT2D eigenvalue weighted by atomic mass is 10.0. The molecule has 0 saturated carbocycles. The molecule has 1 atom stereocenters. The first-order chi connectivity index (χ1) is 14.7. The Labute approximate surface area is 178 Å². The van der Waals surface area contributed by atoms with Crippen LogP contribution < -0.4 is 10.1 Å². The molecule has 1 unspecified atom stereocenters. The molecule has 160 valence electrons. The topological polar surface area (TPSA) is 65.0 Å². The fourth-order valence-electron chi connectivity index (χ4n) is 4.26. The van der Waals surface area contributed by atoms with Crippen LogP contribution in [-0.4, -0.2) is 72.8 Å². The summed E-state index contributed by atoms with van der Waals surface area (Å²) in [6, 6.07) is 16.6. The second kappa shape index (κ2) is 10.1. The molecule has 1 saturated heterocycles. The third-order valence-corrected chi connectivity index (χ3v) is 5.85. The molecule has 1 amide bonds. The maximum atomic E-state index is 11.5. The zero-order valence-corrected chi connectivity index (χ0v) is 17.4. The van der Waals surface area contributed by atoms with Crippen molar-refractivity contribution < 1.29 is 14.6 Å². The largest absolute Gasteiger partial charge is 0.491 e. The Kier molecular flexibility index (Phi) is 7.00. The van der Waals surface area contributed by atoms with Gasteiger partial charge >= 0.3 is 0 Å². The molecule has 2 aromatic carbocycles. The van der Waals surface area contributed by atoms with E-state index in [1.54, 1.807) is 0 Å². The van der Waals surface area contributed by atoms with Crippen molar-refractivity contribution >= 4 is 5.91 Å². The highest BCUT2D eigenvalue weighted by Gasteiger charge is 2.18. The Morgan fingerprint density at radius 1 is 1.00 bits per heavy atom. The van der Waals surface area contributed by atoms with Crippen LogP contribution in [0, 0.1) is 0 Å². The number of aliphatic hydroxyl groups is 1. The predicted octanol–water partition coefficient (Wildman–Crippen LogP) is 1.46. The van der Waals surface area contributed by atoms with Gasteiger partial charge in [0.2, 0.25) is 5.91 Å². The Balaban J connectivity index is 1.24. The number of nitrogens with one attached hydrogen (secondary N) is 1. The van der Waals surface area contributed by atoms with E-state index in [0.29, 0.717) is 19.6 Å². The van der Waals surface area contributed by atoms with E-state index in [1.807, 2.05) is 24.3 Å². The van der Waals surface area contributed by atoms with E-state index in [1.165, 1.54) is 11.1 Å². The highest BCUT2D eigenvalue weighted by atomic mass is 16.5. The molecule has 2 aromatic rings. The predicted molar refractivity (Wildman–Crippen MR) is 117 cm³/mol. The van der Waals surface area contributed by atoms with Gasteiger partial charge in [-0.2, -0.15) is 0 Å². The van der Waals surface area contributed by atoms with Gasteiger partial charge in [-0.05, 0) is 41.7 Å². The van der Waals surface area contributed by atoms with Crippen LogP contribution in [0.5, 0.6) is 5.75 Å². The lowest BCUT2D eigenvalue weighted by Crippen LogP contribution is -2.47. The van der Waals surface area contributed by atoms with Crippen LogP contribution in [0.2, 0.25) is 0 Å². The molecule has 2 N–H and O–H groups in total. The van der Waals surface area contributed by atoms with Gasteiger partial charge in [0.25, 0.3) is 0 Å². The van der Waals surface area contributed by atoms with Gasteiger partial charge in [0, 0.05) is 39.3 Å². The molecule has 0 bridgehead atoms. The van der Waals surface area contributed by atoms with E-state index in [0.717, 1.165) is 50.3 Å². The first-order valence-electron chi connectivity index (χ1n) is 10.8. The van der Waals surface area contributed by atoms with Crippen molar-refractivity contribution in [1.82, 2.24) is 15.1 Å². The molecule has 30 heavy (non-hydrogen) atoms. The van der Waals surface area contributed by atoms with Crippen molar-refractivity contribution in [3.05, 3.63) is 65.2 Å². The lowest BCUT2D eigenvalue weighted by molar-refractivity contribution is -0.124. The summed E-state index contributed by atoms with van der Waals surface area (Å²) in [7, 11) is 0. The van der Waals surface area contributed by atoms with Gasteiger partial charge in [-0.1, -0.05) is 36.4 Å². The fraction of sp³-hybridized carbons (Fsp3) is 0.458. The minimum atomic E-state index is -0.527. The summed E-state index contributed by atoms with van der Waals surface area (Å²) in [5.41, 5.74) is 3.96. The van der Waals surface area contributed by atoms with Crippen molar-refractivity contribution in [2.75, 3.05) is 45.9 Å². The monoisotopic (exact) mass is 409 g/mol. The van der Waals surface area contributed by atoms with Crippen LogP contribution in [0.4, 0.5) is 0 Å². The van der Waals surface area contributed by atoms with Crippen LogP contribution >= 0.6 is 0 Å². The van der Waals surface area contributed by atoms with Gasteiger partial charge in [0.15, 0.2) is 0 Å². The summed E-state index contributed by atoms with van der Waals surface area (Å²) >= 11 is 0. The number of benzene rings is 2. The van der Waals surface area contributed by atoms with Gasteiger partial charge in [0.1, 0.15) is 18.5 Å². The highest BCUT2D eigenvalue weighted by molar-refractivity contribution is 5.78. The normalized spacial score (nSPS) is 18.9. The summed E-state index contributed by atoms with van der Waals surface area (Å²) in [4.78, 5) is 16.0. The number of rotatable bonds is 7. The summed E-state index contributed by atoms with van der Waals surface area (Å²) in [5, 5.41) is 13.4. The van der Waals surface area contributed by atoms with Gasteiger partial charge in [-0.15, -0.1) is 0 Å². The number of ether oxygens (including phenoxy) is 1. The van der Waals surface area contributed by atoms with Crippen LogP contribution in [-0.2, 0) is 24.2 Å². The van der Waals surface area contributed by atoms with Crippen molar-refractivity contribution in [1.29, 1.82) is 0 Å². The zero-order chi connectivity index (χ0) is 20.8. The third-order valence-electron chi connectivity index (χ3n) is 5.85. The number of amides is 1. The molecule has 1 fully saturated rings. The first-order valence-corrected chi connectivity index (χ1v) is 10.8. The molecular weight excluding hydrogens is 378 g/mol. The number of fused-ring (bicyclic) bond motifs is 1. The summed E-state index contributed by atoms with van der Waals surface area (Å²) in [6.07, 6.45) is 1.53. The molecule has 0 aromatic heterocycles. The van der Waals surface area contributed by atoms with Crippen molar-refractivity contribution in [2.45, 2.75) is 25.5 Å². The standard InChI is InChI=1S/C24H31N3O3/c28-22(16-26-11-8-20-5-1-2-6-21(20)9-12-26)18-30-23-7-3-4-19(14-23)15-27-13-10-25-24(29)17-27/h1-7,14,22,28H,8-13,15-18H2,(H,25,29). The van der Waals surface area contributed by atoms with Crippen LogP contribution in [0.25, 0.3) is 0 Å². The highest BCUT2D eigenvalue weighted by Crippen LogP contribution is 2.17. The average Bonchev–Trinajstić information content (AvgIpc) is 2.95. The third kappa shape index (κ3) is 5.81. The van der Waals surface area contributed by atoms with Crippen molar-refractivity contribution in [2.24, 2.45) is 0 Å². The van der Waals surface area contributed by atoms with Gasteiger partial charge < -0.3 is 15.2 Å². The maximum Gasteiger partial charge on any atom is 0.234 e. The summed E-state index contributed by atoms with van der Waals surface area (Å²) < 4.78 is 5.88.